The van der Waals surface area contributed by atoms with E-state index in [1.807, 2.05) is 18.2 Å². The van der Waals surface area contributed by atoms with Crippen molar-refractivity contribution in [2.75, 3.05) is 5.32 Å². The van der Waals surface area contributed by atoms with Crippen molar-refractivity contribution in [3.05, 3.63) is 98.6 Å². The molecule has 4 aromatic rings. The summed E-state index contributed by atoms with van der Waals surface area (Å²) in [5, 5.41) is 4.27. The van der Waals surface area contributed by atoms with Crippen molar-refractivity contribution in [3.8, 4) is 11.1 Å². The van der Waals surface area contributed by atoms with Gasteiger partial charge >= 0.3 is 0 Å². The zero-order valence-corrected chi connectivity index (χ0v) is 17.0. The molecular weight excluding hydrogens is 407 g/mol. The second kappa shape index (κ2) is 7.74. The summed E-state index contributed by atoms with van der Waals surface area (Å²) in [7, 11) is 1.80. The SMILES string of the molecule is Cn1c(NC(=O)c2ccccc2Cl)c(-c2cccc(Cl)c2)c(=O)c2ccccc21. The van der Waals surface area contributed by atoms with Crippen molar-refractivity contribution in [3.63, 3.8) is 0 Å². The van der Waals surface area contributed by atoms with Gasteiger partial charge in [-0.3, -0.25) is 9.59 Å². The number of nitrogens with zero attached hydrogens (tertiary/aromatic N) is 1. The molecule has 0 bridgehead atoms. The van der Waals surface area contributed by atoms with Crippen molar-refractivity contribution < 1.29 is 4.79 Å². The molecule has 0 aliphatic heterocycles. The minimum Gasteiger partial charge on any atom is -0.330 e. The van der Waals surface area contributed by atoms with Crippen molar-refractivity contribution in [1.29, 1.82) is 0 Å². The van der Waals surface area contributed by atoms with Crippen LogP contribution in [-0.2, 0) is 7.05 Å². The van der Waals surface area contributed by atoms with Gasteiger partial charge in [-0.05, 0) is 42.0 Å². The first-order valence-electron chi connectivity index (χ1n) is 8.91. The molecule has 4 rings (SSSR count). The third-order valence-electron chi connectivity index (χ3n) is 4.77. The summed E-state index contributed by atoms with van der Waals surface area (Å²) in [6.45, 7) is 0. The first kappa shape index (κ1) is 19.2. The van der Waals surface area contributed by atoms with Crippen molar-refractivity contribution in [2.45, 2.75) is 0 Å². The molecule has 1 amide bonds. The normalized spacial score (nSPS) is 10.9. The monoisotopic (exact) mass is 422 g/mol. The van der Waals surface area contributed by atoms with Crippen LogP contribution in [-0.4, -0.2) is 10.5 Å². The number of hydrogen-bond acceptors (Lipinski definition) is 2. The van der Waals surface area contributed by atoms with E-state index in [9.17, 15) is 9.59 Å². The highest BCUT2D eigenvalue weighted by Gasteiger charge is 2.20. The van der Waals surface area contributed by atoms with Gasteiger partial charge in [-0.15, -0.1) is 0 Å². The highest BCUT2D eigenvalue weighted by Crippen LogP contribution is 2.30. The van der Waals surface area contributed by atoms with Gasteiger partial charge < -0.3 is 9.88 Å². The molecule has 1 N–H and O–H groups in total. The number of aryl methyl sites for hydroxylation is 1. The molecule has 0 saturated carbocycles. The number of amides is 1. The van der Waals surface area contributed by atoms with Gasteiger partial charge in [0.1, 0.15) is 5.82 Å². The number of para-hydroxylation sites is 1. The Morgan fingerprint density at radius 3 is 2.41 bits per heavy atom. The van der Waals surface area contributed by atoms with Crippen molar-refractivity contribution in [1.82, 2.24) is 4.57 Å². The highest BCUT2D eigenvalue weighted by atomic mass is 35.5. The molecule has 1 aromatic heterocycles. The molecule has 0 fully saturated rings. The Morgan fingerprint density at radius 2 is 1.66 bits per heavy atom. The lowest BCUT2D eigenvalue weighted by atomic mass is 10.0. The van der Waals surface area contributed by atoms with Crippen LogP contribution in [0.4, 0.5) is 5.82 Å². The van der Waals surface area contributed by atoms with Gasteiger partial charge in [0.2, 0.25) is 0 Å². The van der Waals surface area contributed by atoms with Crippen LogP contribution in [0.5, 0.6) is 0 Å². The summed E-state index contributed by atoms with van der Waals surface area (Å²) < 4.78 is 1.79. The Kier molecular flexibility index (Phi) is 5.14. The van der Waals surface area contributed by atoms with Crippen molar-refractivity contribution >= 4 is 45.8 Å². The number of benzene rings is 3. The van der Waals surface area contributed by atoms with Crippen LogP contribution in [0.15, 0.2) is 77.6 Å². The number of fused-ring (bicyclic) bond motifs is 1. The van der Waals surface area contributed by atoms with E-state index in [2.05, 4.69) is 5.32 Å². The Labute approximate surface area is 177 Å². The summed E-state index contributed by atoms with van der Waals surface area (Å²) in [6, 6.07) is 21.0. The first-order chi connectivity index (χ1) is 14.0. The maximum Gasteiger partial charge on any atom is 0.258 e. The van der Waals surface area contributed by atoms with Crippen LogP contribution in [0.3, 0.4) is 0 Å². The van der Waals surface area contributed by atoms with Crippen LogP contribution in [0.1, 0.15) is 10.4 Å². The highest BCUT2D eigenvalue weighted by molar-refractivity contribution is 6.34. The minimum absolute atomic E-state index is 0.185. The summed E-state index contributed by atoms with van der Waals surface area (Å²) in [5.74, 6) is -0.0231. The molecule has 6 heteroatoms. The second-order valence-electron chi connectivity index (χ2n) is 6.57. The van der Waals surface area contributed by atoms with Crippen LogP contribution >= 0.6 is 23.2 Å². The Morgan fingerprint density at radius 1 is 0.931 bits per heavy atom. The van der Waals surface area contributed by atoms with E-state index < -0.39 is 5.91 Å². The number of carbonyl (C=O) groups is 1. The standard InChI is InChI=1S/C23H16Cl2N2O2/c1-27-19-12-5-3-10-17(19)21(28)20(14-7-6-8-15(24)13-14)22(27)26-23(29)16-9-2-4-11-18(16)25/h2-13H,1H3,(H,26,29). The molecule has 0 saturated heterocycles. The number of pyridine rings is 1. The molecule has 0 spiro atoms. The van der Waals surface area contributed by atoms with Gasteiger partial charge in [-0.1, -0.05) is 59.6 Å². The predicted molar refractivity (Wildman–Crippen MR) is 119 cm³/mol. The Balaban J connectivity index is 1.98. The fraction of sp³-hybridized carbons (Fsp3) is 0.0435. The summed E-state index contributed by atoms with van der Waals surface area (Å²) >= 11 is 12.3. The topological polar surface area (TPSA) is 51.1 Å². The van der Waals surface area contributed by atoms with E-state index in [1.54, 1.807) is 66.2 Å². The Hall–Kier alpha value is -3.08. The van der Waals surface area contributed by atoms with Gasteiger partial charge in [0.25, 0.3) is 5.91 Å². The molecule has 0 aliphatic carbocycles. The predicted octanol–water partition coefficient (Wildman–Crippen LogP) is 5.76. The summed E-state index contributed by atoms with van der Waals surface area (Å²) in [6.07, 6.45) is 0. The van der Waals surface area contributed by atoms with Crippen LogP contribution in [0.2, 0.25) is 10.0 Å². The third-order valence-corrected chi connectivity index (χ3v) is 5.34. The molecule has 0 unspecified atom stereocenters. The lowest BCUT2D eigenvalue weighted by molar-refractivity contribution is 0.102. The van der Waals surface area contributed by atoms with Crippen LogP contribution in [0, 0.1) is 0 Å². The van der Waals surface area contributed by atoms with E-state index in [-0.39, 0.29) is 5.43 Å². The van der Waals surface area contributed by atoms with E-state index in [0.717, 1.165) is 0 Å². The summed E-state index contributed by atoms with van der Waals surface area (Å²) in [4.78, 5) is 26.3. The zero-order chi connectivity index (χ0) is 20.5. The number of aromatic nitrogens is 1. The van der Waals surface area contributed by atoms with Gasteiger partial charge in [0.15, 0.2) is 5.43 Å². The molecular formula is C23H16Cl2N2O2. The maximum atomic E-state index is 13.4. The molecule has 4 nitrogen and oxygen atoms in total. The number of hydrogen-bond donors (Lipinski definition) is 1. The quantitative estimate of drug-likeness (QED) is 0.455. The molecule has 0 radical (unpaired) electrons. The largest absolute Gasteiger partial charge is 0.330 e. The summed E-state index contributed by atoms with van der Waals surface area (Å²) in [5.41, 5.74) is 1.84. The number of anilines is 1. The van der Waals surface area contributed by atoms with E-state index in [4.69, 9.17) is 23.2 Å². The molecule has 3 aromatic carbocycles. The van der Waals surface area contributed by atoms with Gasteiger partial charge in [0, 0.05) is 17.5 Å². The van der Waals surface area contributed by atoms with Crippen molar-refractivity contribution in [2.24, 2.45) is 7.05 Å². The fourth-order valence-corrected chi connectivity index (χ4v) is 3.78. The number of carbonyl (C=O) groups excluding carboxylic acids is 1. The van der Waals surface area contributed by atoms with Crippen LogP contribution < -0.4 is 10.7 Å². The number of rotatable bonds is 3. The number of nitrogens with one attached hydrogen (secondary N) is 1. The molecule has 1 heterocycles. The third kappa shape index (κ3) is 3.53. The number of halogens is 2. The van der Waals surface area contributed by atoms with Gasteiger partial charge in [-0.25, -0.2) is 0 Å². The molecule has 0 atom stereocenters. The lowest BCUT2D eigenvalue weighted by Crippen LogP contribution is -2.21. The zero-order valence-electron chi connectivity index (χ0n) is 15.4. The van der Waals surface area contributed by atoms with Gasteiger partial charge in [-0.2, -0.15) is 0 Å². The van der Waals surface area contributed by atoms with E-state index >= 15 is 0 Å². The molecule has 144 valence electrons. The van der Waals surface area contributed by atoms with Gasteiger partial charge in [0.05, 0.1) is 21.7 Å². The molecule has 0 aliphatic rings. The maximum absolute atomic E-state index is 13.4. The smallest absolute Gasteiger partial charge is 0.258 e. The lowest BCUT2D eigenvalue weighted by Gasteiger charge is -2.18. The second-order valence-corrected chi connectivity index (χ2v) is 7.42. The van der Waals surface area contributed by atoms with Crippen LogP contribution in [0.25, 0.3) is 22.0 Å². The average molecular weight is 423 g/mol. The van der Waals surface area contributed by atoms with E-state index in [0.29, 0.717) is 43.5 Å². The Bertz CT molecular complexity index is 1310. The molecule has 29 heavy (non-hydrogen) atoms. The minimum atomic E-state index is -0.399. The van der Waals surface area contributed by atoms with E-state index in [1.165, 1.54) is 0 Å². The first-order valence-corrected chi connectivity index (χ1v) is 9.66. The fourth-order valence-electron chi connectivity index (χ4n) is 3.37. The average Bonchev–Trinajstić information content (AvgIpc) is 2.72.